The number of piperidine rings is 2. The van der Waals surface area contributed by atoms with E-state index >= 15 is 0 Å². The lowest BCUT2D eigenvalue weighted by Crippen LogP contribution is -2.46. The van der Waals surface area contributed by atoms with Gasteiger partial charge < -0.3 is 14.6 Å². The maximum atomic E-state index is 12.6. The Morgan fingerprint density at radius 3 is 1.61 bits per heavy atom. The number of likely N-dealkylation sites (tertiary alicyclic amines) is 2. The molecule has 0 saturated carbocycles. The Kier molecular flexibility index (Phi) is 11.1. The minimum atomic E-state index is -2.01. The van der Waals surface area contributed by atoms with Gasteiger partial charge in [-0.15, -0.1) is 0 Å². The van der Waals surface area contributed by atoms with Crippen molar-refractivity contribution in [2.45, 2.75) is 76.4 Å². The first-order valence-electron chi connectivity index (χ1n) is 12.3. The molecule has 2 saturated heterocycles. The third-order valence-corrected chi connectivity index (χ3v) is 12.0. The van der Waals surface area contributed by atoms with Crippen LogP contribution in [0.1, 0.15) is 58.3 Å². The van der Waals surface area contributed by atoms with Gasteiger partial charge in [0.2, 0.25) is 23.6 Å². The van der Waals surface area contributed by atoms with Gasteiger partial charge in [0.25, 0.3) is 0 Å². The van der Waals surface area contributed by atoms with Gasteiger partial charge in [-0.05, 0) is 43.8 Å². The predicted molar refractivity (Wildman–Crippen MR) is 124 cm³/mol. The summed E-state index contributed by atoms with van der Waals surface area (Å²) in [6, 6.07) is 2.79. The molecule has 0 spiro atoms. The second kappa shape index (κ2) is 13.3. The number of hydrogen-bond donors (Lipinski definition) is 2. The molecule has 2 fully saturated rings. The number of hydrogen-bond acceptors (Lipinski definition) is 7. The van der Waals surface area contributed by atoms with Crippen LogP contribution in [-0.2, 0) is 23.6 Å². The normalized spacial score (nSPS) is 23.9. The topological polar surface area (TPSA) is 124 Å². The van der Waals surface area contributed by atoms with Crippen LogP contribution in [0.2, 0.25) is 18.1 Å². The van der Waals surface area contributed by atoms with E-state index in [1.807, 2.05) is 0 Å². The third kappa shape index (κ3) is 7.18. The Morgan fingerprint density at radius 1 is 0.848 bits per heavy atom. The van der Waals surface area contributed by atoms with Gasteiger partial charge in [-0.1, -0.05) is 19.8 Å². The molecule has 0 aromatic carbocycles. The molecule has 2 rings (SSSR count). The van der Waals surface area contributed by atoms with Crippen molar-refractivity contribution in [1.29, 1.82) is 0 Å². The summed E-state index contributed by atoms with van der Waals surface area (Å²) in [7, 11) is -0.251. The highest BCUT2D eigenvalue weighted by molar-refractivity contribution is 6.73. The Hall–Kier alpha value is -1.62. The molecule has 0 aliphatic carbocycles. The highest BCUT2D eigenvalue weighted by Gasteiger charge is 2.37. The smallest absolute Gasteiger partial charge is 0.232 e. The zero-order chi connectivity index (χ0) is 24.4. The van der Waals surface area contributed by atoms with E-state index in [-0.39, 0.29) is 61.8 Å². The summed E-state index contributed by atoms with van der Waals surface area (Å²) in [5, 5.41) is 18.3. The van der Waals surface area contributed by atoms with Crippen LogP contribution in [0.25, 0.3) is 0 Å². The number of nitrogens with zero attached hydrogens (tertiary/aromatic N) is 2. The first kappa shape index (κ1) is 27.6. The fourth-order valence-electron chi connectivity index (χ4n) is 5.17. The molecule has 0 bridgehead atoms. The number of rotatable bonds is 14. The van der Waals surface area contributed by atoms with Gasteiger partial charge in [0.15, 0.2) is 8.32 Å². The van der Waals surface area contributed by atoms with Crippen molar-refractivity contribution in [3.63, 3.8) is 0 Å². The molecule has 33 heavy (non-hydrogen) atoms. The zero-order valence-corrected chi connectivity index (χ0v) is 21.1. The van der Waals surface area contributed by atoms with Crippen molar-refractivity contribution >= 4 is 31.9 Å². The molecule has 2 heterocycles. The predicted octanol–water partition coefficient (Wildman–Crippen LogP) is 1.67. The van der Waals surface area contributed by atoms with E-state index in [1.165, 1.54) is 9.80 Å². The summed E-state index contributed by atoms with van der Waals surface area (Å²) in [6.45, 7) is 1.85. The lowest BCUT2D eigenvalue weighted by Gasteiger charge is -2.33. The van der Waals surface area contributed by atoms with Gasteiger partial charge in [0.1, 0.15) is 0 Å². The Labute approximate surface area is 197 Å². The van der Waals surface area contributed by atoms with Crippen LogP contribution in [-0.4, -0.2) is 85.4 Å². The van der Waals surface area contributed by atoms with Crippen LogP contribution >= 0.6 is 0 Å². The molecule has 0 aromatic heterocycles. The fourth-order valence-corrected chi connectivity index (χ4v) is 8.52. The Balaban J connectivity index is 1.84. The summed E-state index contributed by atoms with van der Waals surface area (Å²) in [6.07, 6.45) is 4.97. The first-order valence-corrected chi connectivity index (χ1v) is 14.8. The summed E-state index contributed by atoms with van der Waals surface area (Å²) in [5.41, 5.74) is 0. The summed E-state index contributed by atoms with van der Waals surface area (Å²) in [4.78, 5) is 51.4. The third-order valence-electron chi connectivity index (χ3n) is 7.34. The number of aliphatic hydroxyl groups is 2. The fraction of sp³-hybridized carbons (Fsp3) is 0.826. The first-order chi connectivity index (χ1) is 15.8. The highest BCUT2D eigenvalue weighted by atomic mass is 28.4. The average molecular weight is 485 g/mol. The van der Waals surface area contributed by atoms with E-state index in [0.717, 1.165) is 31.0 Å². The average Bonchev–Trinajstić information content (AvgIpc) is 2.81. The quantitative estimate of drug-likeness (QED) is 0.284. The Morgan fingerprint density at radius 2 is 1.27 bits per heavy atom. The molecule has 2 atom stereocenters. The maximum absolute atomic E-state index is 12.6. The molecule has 2 aliphatic rings. The largest absolute Gasteiger partial charge is 0.420 e. The summed E-state index contributed by atoms with van der Waals surface area (Å²) >= 11 is 0. The van der Waals surface area contributed by atoms with Crippen molar-refractivity contribution in [3.8, 4) is 0 Å². The van der Waals surface area contributed by atoms with Gasteiger partial charge in [-0.2, -0.15) is 0 Å². The molecule has 2 N–H and O–H groups in total. The number of β-amino-alcohol motifs (C(OH)–C–C–N with tert-alkyl or cyclic N) is 2. The van der Waals surface area contributed by atoms with Crippen molar-refractivity contribution in [2.75, 3.05) is 33.4 Å². The zero-order valence-electron chi connectivity index (χ0n) is 20.1. The lowest BCUT2D eigenvalue weighted by molar-refractivity contribution is -0.154. The molecule has 188 valence electrons. The minimum absolute atomic E-state index is 0.0705. The number of imide groups is 2. The molecule has 4 amide bonds. The van der Waals surface area contributed by atoms with Gasteiger partial charge >= 0.3 is 0 Å². The number of aliphatic hydroxyl groups excluding tert-OH is 2. The molecule has 2 unspecified atom stereocenters. The minimum Gasteiger partial charge on any atom is -0.420 e. The summed E-state index contributed by atoms with van der Waals surface area (Å²) < 4.78 is 6.05. The molecule has 0 radical (unpaired) electrons. The number of amides is 4. The van der Waals surface area contributed by atoms with E-state index < -0.39 is 8.32 Å². The van der Waals surface area contributed by atoms with E-state index in [4.69, 9.17) is 14.6 Å². The number of carbonyl (C=O) groups is 4. The monoisotopic (exact) mass is 484 g/mol. The highest BCUT2D eigenvalue weighted by Crippen LogP contribution is 2.32. The summed E-state index contributed by atoms with van der Waals surface area (Å²) in [5.74, 6) is -1.08. The van der Waals surface area contributed by atoms with Crippen LogP contribution in [0.4, 0.5) is 0 Å². The van der Waals surface area contributed by atoms with Gasteiger partial charge in [-0.25, -0.2) is 0 Å². The lowest BCUT2D eigenvalue weighted by atomic mass is 9.92. The van der Waals surface area contributed by atoms with Gasteiger partial charge in [0.05, 0.1) is 26.3 Å². The molecule has 2 aliphatic heterocycles. The van der Waals surface area contributed by atoms with Crippen molar-refractivity contribution in [3.05, 3.63) is 0 Å². The van der Waals surface area contributed by atoms with Crippen LogP contribution in [0.15, 0.2) is 0 Å². The van der Waals surface area contributed by atoms with Crippen LogP contribution in [0.5, 0.6) is 0 Å². The van der Waals surface area contributed by atoms with Crippen LogP contribution in [0.3, 0.4) is 0 Å². The van der Waals surface area contributed by atoms with Crippen molar-refractivity contribution in [2.24, 2.45) is 11.8 Å². The standard InChI is InChI=1S/C23H40N2O7Si/c1-3-33(32-2,16-4-6-18-8-10-20(28)24(12-14-26)22(18)30)17-5-7-19-9-11-21(29)25(13-15-27)23(19)31/h18-19,26-27H,3-17H2,1-2H3. The van der Waals surface area contributed by atoms with E-state index in [2.05, 4.69) is 6.92 Å². The molecular formula is C23H40N2O7Si. The second-order valence-electron chi connectivity index (χ2n) is 9.21. The van der Waals surface area contributed by atoms with Gasteiger partial charge in [-0.3, -0.25) is 29.0 Å². The maximum Gasteiger partial charge on any atom is 0.232 e. The van der Waals surface area contributed by atoms with Crippen LogP contribution in [0, 0.1) is 11.8 Å². The van der Waals surface area contributed by atoms with Crippen LogP contribution < -0.4 is 0 Å². The number of carbonyl (C=O) groups excluding carboxylic acids is 4. The van der Waals surface area contributed by atoms with Crippen molar-refractivity contribution < 1.29 is 33.8 Å². The molecule has 10 heteroatoms. The molecule has 9 nitrogen and oxygen atoms in total. The second-order valence-corrected chi connectivity index (χ2v) is 13.7. The van der Waals surface area contributed by atoms with Gasteiger partial charge in [0, 0.05) is 31.8 Å². The molecular weight excluding hydrogens is 444 g/mol. The van der Waals surface area contributed by atoms with E-state index in [1.54, 1.807) is 7.11 Å². The van der Waals surface area contributed by atoms with E-state index in [0.29, 0.717) is 38.5 Å². The van der Waals surface area contributed by atoms with Crippen molar-refractivity contribution in [1.82, 2.24) is 9.80 Å². The van der Waals surface area contributed by atoms with E-state index in [9.17, 15) is 19.2 Å². The molecule has 0 aromatic rings. The Bertz CT molecular complexity index is 644. The SMILES string of the molecule is CC[Si](CCCC1CCC(=O)N(CCO)C1=O)(CCCC1CCC(=O)N(CCO)C1=O)OC.